The van der Waals surface area contributed by atoms with E-state index in [0.717, 1.165) is 10.5 Å². The van der Waals surface area contributed by atoms with Crippen LogP contribution < -0.4 is 0 Å². The average Bonchev–Trinajstić information content (AvgIpc) is 2.45. The molecule has 0 aromatic heterocycles. The Morgan fingerprint density at radius 1 is 0.778 bits per heavy atom. The van der Waals surface area contributed by atoms with Gasteiger partial charge in [0.1, 0.15) is 0 Å². The molecule has 0 fully saturated rings. The van der Waals surface area contributed by atoms with E-state index in [1.807, 2.05) is 78.9 Å². The second kappa shape index (κ2) is 6.72. The first kappa shape index (κ1) is 12.5. The van der Waals surface area contributed by atoms with Crippen LogP contribution in [0.3, 0.4) is 0 Å². The molecule has 1 nitrogen and oxygen atoms in total. The maximum Gasteiger partial charge on any atom is 0.0775 e. The second-order valence-corrected chi connectivity index (χ2v) is 5.05. The Hall–Kier alpha value is -1.93. The van der Waals surface area contributed by atoms with Gasteiger partial charge in [0.15, 0.2) is 0 Å². The van der Waals surface area contributed by atoms with E-state index in [1.165, 1.54) is 0 Å². The molecule has 0 saturated heterocycles. The van der Waals surface area contributed by atoms with Crippen molar-refractivity contribution in [3.05, 3.63) is 83.8 Å². The molecule has 0 heterocycles. The third-order valence-electron chi connectivity index (χ3n) is 2.38. The molecule has 0 radical (unpaired) electrons. The van der Waals surface area contributed by atoms with E-state index in [0.29, 0.717) is 0 Å². The quantitative estimate of drug-likeness (QED) is 0.753. The zero-order valence-corrected chi connectivity index (χ0v) is 10.7. The van der Waals surface area contributed by atoms with Crippen LogP contribution in [0.2, 0.25) is 0 Å². The van der Waals surface area contributed by atoms with Crippen LogP contribution in [0.15, 0.2) is 83.1 Å². The van der Waals surface area contributed by atoms with E-state index in [1.54, 1.807) is 5.41 Å². The fourth-order valence-electron chi connectivity index (χ4n) is 1.48. The lowest BCUT2D eigenvalue weighted by molar-refractivity contribution is 0.688. The molecule has 18 heavy (non-hydrogen) atoms. The van der Waals surface area contributed by atoms with Crippen molar-refractivity contribution >= 4 is 16.9 Å². The van der Waals surface area contributed by atoms with Crippen molar-refractivity contribution in [3.63, 3.8) is 0 Å². The molecular formula is C16H14OS. The molecule has 0 aliphatic carbocycles. The highest BCUT2D eigenvalue weighted by Crippen LogP contribution is 2.07. The molecule has 2 rings (SSSR count). The van der Waals surface area contributed by atoms with E-state index in [-0.39, 0.29) is 0 Å². The van der Waals surface area contributed by atoms with Gasteiger partial charge in [-0.15, -0.1) is 0 Å². The van der Waals surface area contributed by atoms with Gasteiger partial charge in [-0.25, -0.2) is 4.21 Å². The third kappa shape index (κ3) is 3.82. The summed E-state index contributed by atoms with van der Waals surface area (Å²) in [4.78, 5) is 0.821. The smallest absolute Gasteiger partial charge is 0.0775 e. The van der Waals surface area contributed by atoms with Crippen molar-refractivity contribution in [1.82, 2.24) is 0 Å². The summed E-state index contributed by atoms with van der Waals surface area (Å²) in [5.41, 5.74) is 1.13. The molecule has 1 unspecified atom stereocenters. The van der Waals surface area contributed by atoms with Gasteiger partial charge in [0.2, 0.25) is 0 Å². The molecule has 0 spiro atoms. The molecule has 0 aliphatic rings. The maximum atomic E-state index is 11.8. The summed E-state index contributed by atoms with van der Waals surface area (Å²) < 4.78 is 11.8. The van der Waals surface area contributed by atoms with Gasteiger partial charge in [-0.05, 0) is 17.7 Å². The predicted octanol–water partition coefficient (Wildman–Crippen LogP) is 4.02. The van der Waals surface area contributed by atoms with Crippen LogP contribution in [-0.4, -0.2) is 4.21 Å². The molecular weight excluding hydrogens is 240 g/mol. The van der Waals surface area contributed by atoms with Crippen LogP contribution in [0.5, 0.6) is 0 Å². The number of hydrogen-bond donors (Lipinski definition) is 0. The zero-order chi connectivity index (χ0) is 12.6. The van der Waals surface area contributed by atoms with Crippen LogP contribution >= 0.6 is 0 Å². The van der Waals surface area contributed by atoms with Gasteiger partial charge in [0, 0.05) is 10.3 Å². The highest BCUT2D eigenvalue weighted by molar-refractivity contribution is 7.88. The standard InChI is InChI=1S/C16H14OS/c17-18(16-12-5-2-6-13-16)14-8-7-11-15-9-3-1-4-10-15/h1-14H/b11-7+,14-8-. The van der Waals surface area contributed by atoms with Crippen LogP contribution in [0.4, 0.5) is 0 Å². The van der Waals surface area contributed by atoms with Crippen molar-refractivity contribution in [2.75, 3.05) is 0 Å². The fourth-order valence-corrected chi connectivity index (χ4v) is 2.30. The lowest BCUT2D eigenvalue weighted by Crippen LogP contribution is -1.83. The van der Waals surface area contributed by atoms with E-state index in [2.05, 4.69) is 0 Å². The molecule has 1 atom stereocenters. The Morgan fingerprint density at radius 2 is 1.39 bits per heavy atom. The topological polar surface area (TPSA) is 17.1 Å². The van der Waals surface area contributed by atoms with Crippen LogP contribution in [-0.2, 0) is 10.8 Å². The normalized spacial score (nSPS) is 13.1. The summed E-state index contributed by atoms with van der Waals surface area (Å²) in [6, 6.07) is 19.4. The van der Waals surface area contributed by atoms with Crippen LogP contribution in [0.25, 0.3) is 6.08 Å². The number of benzene rings is 2. The number of allylic oxidation sites excluding steroid dienone is 2. The van der Waals surface area contributed by atoms with Crippen LogP contribution in [0, 0.1) is 0 Å². The van der Waals surface area contributed by atoms with Gasteiger partial charge in [0.05, 0.1) is 10.8 Å². The third-order valence-corrected chi connectivity index (χ3v) is 3.52. The van der Waals surface area contributed by atoms with E-state index in [4.69, 9.17) is 0 Å². The number of rotatable bonds is 4. The Kier molecular flexibility index (Phi) is 4.68. The zero-order valence-electron chi connectivity index (χ0n) is 9.90. The van der Waals surface area contributed by atoms with Gasteiger partial charge < -0.3 is 0 Å². The largest absolute Gasteiger partial charge is 0.250 e. The molecule has 0 saturated carbocycles. The van der Waals surface area contributed by atoms with Crippen molar-refractivity contribution in [1.29, 1.82) is 0 Å². The maximum absolute atomic E-state index is 11.8. The fraction of sp³-hybridized carbons (Fsp3) is 0. The SMILES string of the molecule is O=S(/C=C\C=C\c1ccccc1)c1ccccc1. The summed E-state index contributed by atoms with van der Waals surface area (Å²) in [6.07, 6.45) is 5.70. The Labute approximate surface area is 110 Å². The second-order valence-electron chi connectivity index (χ2n) is 3.71. The van der Waals surface area contributed by atoms with E-state index in [9.17, 15) is 4.21 Å². The summed E-state index contributed by atoms with van der Waals surface area (Å²) in [7, 11) is -1.07. The summed E-state index contributed by atoms with van der Waals surface area (Å²) >= 11 is 0. The van der Waals surface area contributed by atoms with Crippen molar-refractivity contribution in [2.24, 2.45) is 0 Å². The molecule has 2 aromatic carbocycles. The molecule has 0 N–H and O–H groups in total. The highest BCUT2D eigenvalue weighted by Gasteiger charge is 1.95. The van der Waals surface area contributed by atoms with Gasteiger partial charge in [0.25, 0.3) is 0 Å². The van der Waals surface area contributed by atoms with Crippen molar-refractivity contribution in [2.45, 2.75) is 4.90 Å². The minimum Gasteiger partial charge on any atom is -0.250 e. The first-order chi connectivity index (χ1) is 8.86. The summed E-state index contributed by atoms with van der Waals surface area (Å²) in [6.45, 7) is 0. The minimum atomic E-state index is -1.07. The predicted molar refractivity (Wildman–Crippen MR) is 77.5 cm³/mol. The average molecular weight is 254 g/mol. The lowest BCUT2D eigenvalue weighted by atomic mass is 10.2. The van der Waals surface area contributed by atoms with Gasteiger partial charge in [-0.3, -0.25) is 0 Å². The Bertz CT molecular complexity index is 556. The molecule has 90 valence electrons. The van der Waals surface area contributed by atoms with Crippen LogP contribution in [0.1, 0.15) is 5.56 Å². The molecule has 0 aliphatic heterocycles. The van der Waals surface area contributed by atoms with Crippen molar-refractivity contribution < 1.29 is 4.21 Å². The highest BCUT2D eigenvalue weighted by atomic mass is 32.2. The molecule has 0 bridgehead atoms. The Balaban J connectivity index is 1.96. The Morgan fingerprint density at radius 3 is 2.06 bits per heavy atom. The van der Waals surface area contributed by atoms with E-state index < -0.39 is 10.8 Å². The minimum absolute atomic E-state index is 0.821. The summed E-state index contributed by atoms with van der Waals surface area (Å²) in [5.74, 6) is 0. The molecule has 2 heteroatoms. The molecule has 2 aromatic rings. The first-order valence-corrected chi connectivity index (χ1v) is 6.93. The number of hydrogen-bond acceptors (Lipinski definition) is 1. The van der Waals surface area contributed by atoms with E-state index >= 15 is 0 Å². The first-order valence-electron chi connectivity index (χ1n) is 5.72. The van der Waals surface area contributed by atoms with Gasteiger partial charge in [-0.1, -0.05) is 66.8 Å². The molecule has 0 amide bonds. The van der Waals surface area contributed by atoms with Crippen molar-refractivity contribution in [3.8, 4) is 0 Å². The monoisotopic (exact) mass is 254 g/mol. The summed E-state index contributed by atoms with van der Waals surface area (Å²) in [5, 5.41) is 1.69. The van der Waals surface area contributed by atoms with Gasteiger partial charge in [-0.2, -0.15) is 0 Å². The lowest BCUT2D eigenvalue weighted by Gasteiger charge is -1.93. The van der Waals surface area contributed by atoms with Gasteiger partial charge >= 0.3 is 0 Å².